The van der Waals surface area contributed by atoms with Crippen LogP contribution in [0.4, 0.5) is 0 Å². The SMILES string of the molecule is CCOC(=O)C1CCCN(C(=O)c2cc(C)nc3c(-c4cccs4)cccc23)C1. The van der Waals surface area contributed by atoms with E-state index in [0.717, 1.165) is 39.9 Å². The van der Waals surface area contributed by atoms with Crippen LogP contribution in [-0.4, -0.2) is 41.5 Å². The highest BCUT2D eigenvalue weighted by Gasteiger charge is 2.30. The molecule has 5 nitrogen and oxygen atoms in total. The molecule has 1 fully saturated rings. The Morgan fingerprint density at radius 2 is 2.14 bits per heavy atom. The van der Waals surface area contributed by atoms with E-state index in [4.69, 9.17) is 9.72 Å². The highest BCUT2D eigenvalue weighted by Crippen LogP contribution is 2.33. The summed E-state index contributed by atoms with van der Waals surface area (Å²) in [6.45, 7) is 5.15. The number of aryl methyl sites for hydroxylation is 1. The molecule has 2 aromatic heterocycles. The largest absolute Gasteiger partial charge is 0.466 e. The van der Waals surface area contributed by atoms with Gasteiger partial charge in [0, 0.05) is 34.6 Å². The predicted molar refractivity (Wildman–Crippen MR) is 115 cm³/mol. The van der Waals surface area contributed by atoms with Gasteiger partial charge in [-0.25, -0.2) is 0 Å². The minimum absolute atomic E-state index is 0.0437. The molecule has 1 saturated heterocycles. The number of carbonyl (C=O) groups excluding carboxylic acids is 2. The molecule has 6 heteroatoms. The van der Waals surface area contributed by atoms with Crippen molar-refractivity contribution in [3.63, 3.8) is 0 Å². The Hall–Kier alpha value is -2.73. The molecule has 1 aromatic carbocycles. The fourth-order valence-electron chi connectivity index (χ4n) is 3.97. The van der Waals surface area contributed by atoms with Crippen molar-refractivity contribution in [3.8, 4) is 10.4 Å². The van der Waals surface area contributed by atoms with Gasteiger partial charge in [0.05, 0.1) is 23.6 Å². The molecule has 150 valence electrons. The molecule has 1 aliphatic heterocycles. The summed E-state index contributed by atoms with van der Waals surface area (Å²) in [5.41, 5.74) is 3.34. The van der Waals surface area contributed by atoms with Gasteiger partial charge in [-0.3, -0.25) is 14.6 Å². The van der Waals surface area contributed by atoms with E-state index >= 15 is 0 Å². The molecule has 3 heterocycles. The molecule has 1 atom stereocenters. The number of hydrogen-bond acceptors (Lipinski definition) is 5. The number of thiophene rings is 1. The molecule has 0 radical (unpaired) electrons. The lowest BCUT2D eigenvalue weighted by Crippen LogP contribution is -2.43. The van der Waals surface area contributed by atoms with Crippen LogP contribution in [0.15, 0.2) is 41.8 Å². The Morgan fingerprint density at radius 1 is 1.28 bits per heavy atom. The summed E-state index contributed by atoms with van der Waals surface area (Å²) in [7, 11) is 0. The maximum atomic E-state index is 13.4. The molecule has 0 bridgehead atoms. The predicted octanol–water partition coefficient (Wildman–Crippen LogP) is 4.69. The molecule has 0 aliphatic carbocycles. The van der Waals surface area contributed by atoms with E-state index in [1.54, 1.807) is 23.2 Å². The number of likely N-dealkylation sites (tertiary alicyclic amines) is 1. The van der Waals surface area contributed by atoms with Crippen molar-refractivity contribution in [2.45, 2.75) is 26.7 Å². The lowest BCUT2D eigenvalue weighted by Gasteiger charge is -2.32. The van der Waals surface area contributed by atoms with Crippen LogP contribution in [0, 0.1) is 12.8 Å². The molecule has 1 amide bonds. The molecule has 3 aromatic rings. The summed E-state index contributed by atoms with van der Waals surface area (Å²) in [4.78, 5) is 33.3. The van der Waals surface area contributed by atoms with Gasteiger partial charge in [-0.05, 0) is 44.2 Å². The highest BCUT2D eigenvalue weighted by molar-refractivity contribution is 7.13. The molecule has 0 spiro atoms. The van der Waals surface area contributed by atoms with Crippen molar-refractivity contribution in [1.82, 2.24) is 9.88 Å². The summed E-state index contributed by atoms with van der Waals surface area (Å²) in [5.74, 6) is -0.498. The number of para-hydroxylation sites is 1. The lowest BCUT2D eigenvalue weighted by atomic mass is 9.96. The van der Waals surface area contributed by atoms with E-state index in [1.807, 2.05) is 42.6 Å². The Morgan fingerprint density at radius 3 is 2.90 bits per heavy atom. The number of aromatic nitrogens is 1. The van der Waals surface area contributed by atoms with Crippen molar-refractivity contribution in [1.29, 1.82) is 0 Å². The van der Waals surface area contributed by atoms with Gasteiger partial charge in [-0.2, -0.15) is 0 Å². The number of nitrogens with zero attached hydrogens (tertiary/aromatic N) is 2. The van der Waals surface area contributed by atoms with E-state index in [9.17, 15) is 9.59 Å². The van der Waals surface area contributed by atoms with E-state index in [2.05, 4.69) is 6.07 Å². The summed E-state index contributed by atoms with van der Waals surface area (Å²) < 4.78 is 5.18. The zero-order chi connectivity index (χ0) is 20.4. The molecular weight excluding hydrogens is 384 g/mol. The number of fused-ring (bicyclic) bond motifs is 1. The van der Waals surface area contributed by atoms with Crippen LogP contribution in [0.2, 0.25) is 0 Å². The normalized spacial score (nSPS) is 16.8. The maximum Gasteiger partial charge on any atom is 0.310 e. The number of carbonyl (C=O) groups is 2. The Balaban J connectivity index is 1.71. The van der Waals surface area contributed by atoms with Gasteiger partial charge in [0.25, 0.3) is 5.91 Å². The average molecular weight is 409 g/mol. The minimum Gasteiger partial charge on any atom is -0.466 e. The summed E-state index contributed by atoms with van der Waals surface area (Å²) in [6, 6.07) is 11.9. The van der Waals surface area contributed by atoms with Crippen LogP contribution < -0.4 is 0 Å². The number of hydrogen-bond donors (Lipinski definition) is 0. The van der Waals surface area contributed by atoms with E-state index < -0.39 is 0 Å². The first-order valence-corrected chi connectivity index (χ1v) is 10.9. The van der Waals surface area contributed by atoms with Crippen LogP contribution >= 0.6 is 11.3 Å². The van der Waals surface area contributed by atoms with Crippen molar-refractivity contribution < 1.29 is 14.3 Å². The van der Waals surface area contributed by atoms with Crippen molar-refractivity contribution >= 4 is 34.1 Å². The third-order valence-corrected chi connectivity index (χ3v) is 6.22. The van der Waals surface area contributed by atoms with Crippen molar-refractivity contribution in [2.24, 2.45) is 5.92 Å². The zero-order valence-electron chi connectivity index (χ0n) is 16.7. The number of esters is 1. The molecular formula is C23H24N2O3S. The third kappa shape index (κ3) is 3.90. The maximum absolute atomic E-state index is 13.4. The van der Waals surface area contributed by atoms with Crippen LogP contribution in [0.3, 0.4) is 0 Å². The Labute approximate surface area is 174 Å². The highest BCUT2D eigenvalue weighted by atomic mass is 32.1. The number of benzene rings is 1. The van der Waals surface area contributed by atoms with Crippen LogP contribution in [0.5, 0.6) is 0 Å². The van der Waals surface area contributed by atoms with Crippen molar-refractivity contribution in [2.75, 3.05) is 19.7 Å². The lowest BCUT2D eigenvalue weighted by molar-refractivity contribution is -0.149. The van der Waals surface area contributed by atoms with Crippen LogP contribution in [0.1, 0.15) is 35.8 Å². The van der Waals surface area contributed by atoms with E-state index in [-0.39, 0.29) is 17.8 Å². The van der Waals surface area contributed by atoms with Crippen LogP contribution in [0.25, 0.3) is 21.3 Å². The third-order valence-electron chi connectivity index (χ3n) is 5.31. The van der Waals surface area contributed by atoms with Gasteiger partial charge in [0.1, 0.15) is 0 Å². The second kappa shape index (κ2) is 8.33. The Bertz CT molecular complexity index is 1050. The number of ether oxygens (including phenoxy) is 1. The molecule has 0 saturated carbocycles. The van der Waals surface area contributed by atoms with Gasteiger partial charge >= 0.3 is 5.97 Å². The first-order chi connectivity index (χ1) is 14.1. The van der Waals surface area contributed by atoms with Gasteiger partial charge in [-0.1, -0.05) is 24.3 Å². The van der Waals surface area contributed by atoms with Gasteiger partial charge in [0.2, 0.25) is 0 Å². The molecule has 4 rings (SSSR count). The van der Waals surface area contributed by atoms with Gasteiger partial charge in [-0.15, -0.1) is 11.3 Å². The summed E-state index contributed by atoms with van der Waals surface area (Å²) >= 11 is 1.66. The standard InChI is InChI=1S/C23H24N2O3S/c1-3-28-23(27)16-7-5-11-25(14-16)22(26)19-13-15(2)24-21-17(19)8-4-9-18(21)20-10-6-12-29-20/h4,6,8-10,12-13,16H,3,5,7,11,14H2,1-2H3. The number of piperidine rings is 1. The monoisotopic (exact) mass is 408 g/mol. The fourth-order valence-corrected chi connectivity index (χ4v) is 4.72. The second-order valence-corrected chi connectivity index (χ2v) is 8.28. The van der Waals surface area contributed by atoms with E-state index in [0.29, 0.717) is 25.3 Å². The molecule has 1 unspecified atom stereocenters. The fraction of sp³-hybridized carbons (Fsp3) is 0.348. The Kier molecular flexibility index (Phi) is 5.62. The first-order valence-electron chi connectivity index (χ1n) is 9.98. The smallest absolute Gasteiger partial charge is 0.310 e. The number of pyridine rings is 1. The van der Waals surface area contributed by atoms with Gasteiger partial charge < -0.3 is 9.64 Å². The molecule has 1 aliphatic rings. The number of amides is 1. The van der Waals surface area contributed by atoms with E-state index in [1.165, 1.54) is 0 Å². The average Bonchev–Trinajstić information content (AvgIpc) is 3.27. The minimum atomic E-state index is -0.247. The zero-order valence-corrected chi connectivity index (χ0v) is 17.5. The summed E-state index contributed by atoms with van der Waals surface area (Å²) in [5, 5.41) is 2.89. The molecule has 0 N–H and O–H groups in total. The van der Waals surface area contributed by atoms with Gasteiger partial charge in [0.15, 0.2) is 0 Å². The second-order valence-electron chi connectivity index (χ2n) is 7.33. The quantitative estimate of drug-likeness (QED) is 0.588. The van der Waals surface area contributed by atoms with Crippen molar-refractivity contribution in [3.05, 3.63) is 53.0 Å². The first kappa shape index (κ1) is 19.6. The number of rotatable bonds is 4. The topological polar surface area (TPSA) is 59.5 Å². The van der Waals surface area contributed by atoms with Crippen LogP contribution in [-0.2, 0) is 9.53 Å². The summed E-state index contributed by atoms with van der Waals surface area (Å²) in [6.07, 6.45) is 1.57. The molecule has 29 heavy (non-hydrogen) atoms.